The number of carbonyl (C=O) groups is 1. The summed E-state index contributed by atoms with van der Waals surface area (Å²) < 4.78 is 0. The molecule has 0 saturated heterocycles. The Morgan fingerprint density at radius 2 is 2.19 bits per heavy atom. The van der Waals surface area contributed by atoms with Gasteiger partial charge in [0.05, 0.1) is 6.61 Å². The number of benzene rings is 1. The van der Waals surface area contributed by atoms with Gasteiger partial charge in [0.15, 0.2) is 5.78 Å². The van der Waals surface area contributed by atoms with Crippen molar-refractivity contribution >= 4 is 11.9 Å². The molecule has 3 N–H and O–H groups in total. The van der Waals surface area contributed by atoms with Crippen LogP contribution in [0.3, 0.4) is 0 Å². The fourth-order valence-electron chi connectivity index (χ4n) is 1.23. The van der Waals surface area contributed by atoms with E-state index in [-0.39, 0.29) is 12.4 Å². The van der Waals surface area contributed by atoms with Gasteiger partial charge >= 0.3 is 0 Å². The molecule has 0 fully saturated rings. The second-order valence-corrected chi connectivity index (χ2v) is 3.41. The number of phenols is 1. The van der Waals surface area contributed by atoms with Crippen LogP contribution in [0.2, 0.25) is 0 Å². The summed E-state index contributed by atoms with van der Waals surface area (Å²) >= 11 is 0. The zero-order valence-corrected chi connectivity index (χ0v) is 8.92. The largest absolute Gasteiger partial charge is 0.508 e. The van der Waals surface area contributed by atoms with Gasteiger partial charge in [-0.1, -0.05) is 18.2 Å². The molecule has 4 heteroatoms. The molecule has 0 amide bonds. The molecule has 1 atom stereocenters. The average molecular weight is 222 g/mol. The molecule has 0 bridgehead atoms. The van der Waals surface area contributed by atoms with Crippen molar-refractivity contribution in [2.24, 2.45) is 0 Å². The van der Waals surface area contributed by atoms with Crippen molar-refractivity contribution in [3.63, 3.8) is 0 Å². The van der Waals surface area contributed by atoms with Crippen LogP contribution < -0.4 is 0 Å². The highest BCUT2D eigenvalue weighted by atomic mass is 16.3. The predicted molar refractivity (Wildman–Crippen MR) is 59.8 cm³/mol. The second kappa shape index (κ2) is 5.44. The van der Waals surface area contributed by atoms with Crippen molar-refractivity contribution in [2.75, 3.05) is 0 Å². The van der Waals surface area contributed by atoms with Crippen LogP contribution in [0.1, 0.15) is 18.1 Å². The quantitative estimate of drug-likeness (QED) is 0.660. The Morgan fingerprint density at radius 3 is 2.75 bits per heavy atom. The molecule has 1 unspecified atom stereocenters. The van der Waals surface area contributed by atoms with Gasteiger partial charge in [-0.25, -0.2) is 0 Å². The third kappa shape index (κ3) is 2.92. The van der Waals surface area contributed by atoms with Crippen molar-refractivity contribution in [1.82, 2.24) is 0 Å². The molecular weight excluding hydrogens is 208 g/mol. The molecule has 0 heterocycles. The molecule has 0 aliphatic rings. The Hall–Kier alpha value is -1.65. The summed E-state index contributed by atoms with van der Waals surface area (Å²) in [6, 6.07) is 4.73. The third-order valence-electron chi connectivity index (χ3n) is 2.18. The van der Waals surface area contributed by atoms with E-state index in [4.69, 9.17) is 10.2 Å². The first-order valence-electron chi connectivity index (χ1n) is 4.88. The van der Waals surface area contributed by atoms with E-state index in [0.717, 1.165) is 0 Å². The minimum Gasteiger partial charge on any atom is -0.508 e. The summed E-state index contributed by atoms with van der Waals surface area (Å²) in [6.45, 7) is 1.07. The van der Waals surface area contributed by atoms with E-state index < -0.39 is 11.9 Å². The monoisotopic (exact) mass is 222 g/mol. The highest BCUT2D eigenvalue weighted by Crippen LogP contribution is 2.21. The molecular formula is C12H14O4. The first-order valence-corrected chi connectivity index (χ1v) is 4.88. The van der Waals surface area contributed by atoms with Crippen LogP contribution >= 0.6 is 0 Å². The standard InChI is InChI=1S/C12H14O4/c1-8(14)11(15)6-5-9-3-2-4-12(16)10(9)7-13/h2-6,8,13-14,16H,7H2,1H3/b6-5-. The van der Waals surface area contributed by atoms with Crippen molar-refractivity contribution in [1.29, 1.82) is 0 Å². The van der Waals surface area contributed by atoms with Crippen molar-refractivity contribution in [3.8, 4) is 5.75 Å². The van der Waals surface area contributed by atoms with Gasteiger partial charge in [-0.15, -0.1) is 0 Å². The topological polar surface area (TPSA) is 77.8 Å². The van der Waals surface area contributed by atoms with Gasteiger partial charge in [0.2, 0.25) is 0 Å². The number of carbonyl (C=O) groups excluding carboxylic acids is 1. The summed E-state index contributed by atoms with van der Waals surface area (Å²) in [4.78, 5) is 11.1. The lowest BCUT2D eigenvalue weighted by Crippen LogP contribution is -2.12. The summed E-state index contributed by atoms with van der Waals surface area (Å²) in [5, 5.41) is 27.5. The van der Waals surface area contributed by atoms with Crippen LogP contribution in [0.4, 0.5) is 0 Å². The van der Waals surface area contributed by atoms with E-state index in [9.17, 15) is 9.90 Å². The summed E-state index contributed by atoms with van der Waals surface area (Å²) in [5.74, 6) is -0.443. The molecule has 16 heavy (non-hydrogen) atoms. The summed E-state index contributed by atoms with van der Waals surface area (Å²) in [5.41, 5.74) is 0.911. The maximum absolute atomic E-state index is 11.1. The molecule has 1 rings (SSSR count). The van der Waals surface area contributed by atoms with E-state index in [1.165, 1.54) is 25.1 Å². The summed E-state index contributed by atoms with van der Waals surface area (Å²) in [7, 11) is 0. The van der Waals surface area contributed by atoms with Crippen LogP contribution in [0.25, 0.3) is 6.08 Å². The zero-order chi connectivity index (χ0) is 12.1. The van der Waals surface area contributed by atoms with Gasteiger partial charge in [0.1, 0.15) is 11.9 Å². The van der Waals surface area contributed by atoms with Crippen LogP contribution in [0.15, 0.2) is 24.3 Å². The number of hydrogen-bond acceptors (Lipinski definition) is 4. The fraction of sp³-hybridized carbons (Fsp3) is 0.250. The first-order chi connectivity index (χ1) is 7.56. The van der Waals surface area contributed by atoms with Gasteiger partial charge in [0, 0.05) is 5.56 Å². The molecule has 0 aliphatic carbocycles. The lowest BCUT2D eigenvalue weighted by atomic mass is 10.1. The van der Waals surface area contributed by atoms with Crippen LogP contribution in [-0.2, 0) is 11.4 Å². The second-order valence-electron chi connectivity index (χ2n) is 3.41. The normalized spacial score (nSPS) is 12.9. The van der Waals surface area contributed by atoms with Crippen LogP contribution in [0, 0.1) is 0 Å². The lowest BCUT2D eigenvalue weighted by molar-refractivity contribution is -0.121. The maximum atomic E-state index is 11.1. The maximum Gasteiger partial charge on any atom is 0.183 e. The highest BCUT2D eigenvalue weighted by molar-refractivity contribution is 5.96. The molecule has 0 radical (unpaired) electrons. The zero-order valence-electron chi connectivity index (χ0n) is 8.92. The smallest absolute Gasteiger partial charge is 0.183 e. The van der Waals surface area contributed by atoms with Crippen LogP contribution in [0.5, 0.6) is 5.75 Å². The Labute approximate surface area is 93.5 Å². The molecule has 0 saturated carbocycles. The first kappa shape index (κ1) is 12.4. The lowest BCUT2D eigenvalue weighted by Gasteiger charge is -2.05. The van der Waals surface area contributed by atoms with Gasteiger partial charge in [-0.2, -0.15) is 0 Å². The van der Waals surface area contributed by atoms with E-state index >= 15 is 0 Å². The SMILES string of the molecule is CC(O)C(=O)/C=C\c1cccc(O)c1CO. The minimum atomic E-state index is -1.05. The number of rotatable bonds is 4. The van der Waals surface area contributed by atoms with E-state index in [2.05, 4.69) is 0 Å². The summed E-state index contributed by atoms with van der Waals surface area (Å²) in [6.07, 6.45) is 1.63. The Bertz CT molecular complexity index is 407. The van der Waals surface area contributed by atoms with E-state index in [1.54, 1.807) is 12.1 Å². The highest BCUT2D eigenvalue weighted by Gasteiger charge is 2.06. The van der Waals surface area contributed by atoms with Crippen molar-refractivity contribution in [2.45, 2.75) is 19.6 Å². The van der Waals surface area contributed by atoms with E-state index in [1.807, 2.05) is 0 Å². The minimum absolute atomic E-state index is 0.0193. The van der Waals surface area contributed by atoms with Crippen molar-refractivity contribution < 1.29 is 20.1 Å². The predicted octanol–water partition coefficient (Wildman–Crippen LogP) is 0.848. The number of aromatic hydroxyl groups is 1. The molecule has 4 nitrogen and oxygen atoms in total. The number of ketones is 1. The Kier molecular flexibility index (Phi) is 4.22. The number of aliphatic hydroxyl groups excluding tert-OH is 2. The third-order valence-corrected chi connectivity index (χ3v) is 2.18. The van der Waals surface area contributed by atoms with Crippen molar-refractivity contribution in [3.05, 3.63) is 35.4 Å². The number of aliphatic hydroxyl groups is 2. The van der Waals surface area contributed by atoms with Gasteiger partial charge in [-0.3, -0.25) is 4.79 Å². The van der Waals surface area contributed by atoms with E-state index in [0.29, 0.717) is 11.1 Å². The fourth-order valence-corrected chi connectivity index (χ4v) is 1.23. The molecule has 0 aromatic heterocycles. The average Bonchev–Trinajstić information content (AvgIpc) is 2.25. The van der Waals surface area contributed by atoms with Gasteiger partial charge in [-0.05, 0) is 24.6 Å². The Morgan fingerprint density at radius 1 is 1.50 bits per heavy atom. The molecule has 0 spiro atoms. The molecule has 86 valence electrons. The van der Waals surface area contributed by atoms with Gasteiger partial charge in [0.25, 0.3) is 0 Å². The molecule has 1 aromatic carbocycles. The van der Waals surface area contributed by atoms with Gasteiger partial charge < -0.3 is 15.3 Å². The van der Waals surface area contributed by atoms with Crippen LogP contribution in [-0.4, -0.2) is 27.2 Å². The number of hydrogen-bond donors (Lipinski definition) is 3. The Balaban J connectivity index is 2.97. The molecule has 1 aromatic rings. The molecule has 0 aliphatic heterocycles.